The highest BCUT2D eigenvalue weighted by Gasteiger charge is 2.17. The molecule has 1 aromatic carbocycles. The molecule has 1 aliphatic rings. The molecule has 0 bridgehead atoms. The van der Waals surface area contributed by atoms with E-state index in [9.17, 15) is 5.26 Å². The average Bonchev–Trinajstić information content (AvgIpc) is 2.94. The molecule has 0 radical (unpaired) electrons. The molecular formula is C17H16N2O2. The number of aryl methyl sites for hydroxylation is 2. The Morgan fingerprint density at radius 3 is 2.90 bits per heavy atom. The first-order chi connectivity index (χ1) is 10.3. The summed E-state index contributed by atoms with van der Waals surface area (Å²) < 4.78 is 11.2. The molecule has 1 aliphatic carbocycles. The number of fused-ring (bicyclic) bond motifs is 1. The van der Waals surface area contributed by atoms with Crippen molar-refractivity contribution in [3.8, 4) is 23.4 Å². The SMILES string of the molecule is CCOc1cccc(Oc2nc3c(cc2C#N)CCC3)c1. The van der Waals surface area contributed by atoms with Crippen LogP contribution in [0.1, 0.15) is 30.2 Å². The van der Waals surface area contributed by atoms with Gasteiger partial charge in [-0.1, -0.05) is 6.07 Å². The normalized spacial score (nSPS) is 12.6. The Labute approximate surface area is 124 Å². The van der Waals surface area contributed by atoms with Crippen molar-refractivity contribution in [2.45, 2.75) is 26.2 Å². The number of ether oxygens (including phenoxy) is 2. The topological polar surface area (TPSA) is 55.1 Å². The molecule has 1 aromatic heterocycles. The molecule has 0 aliphatic heterocycles. The van der Waals surface area contributed by atoms with Crippen LogP contribution in [0.15, 0.2) is 30.3 Å². The molecule has 21 heavy (non-hydrogen) atoms. The summed E-state index contributed by atoms with van der Waals surface area (Å²) in [4.78, 5) is 4.51. The zero-order valence-electron chi connectivity index (χ0n) is 11.9. The second-order valence-corrected chi connectivity index (χ2v) is 4.92. The first-order valence-corrected chi connectivity index (χ1v) is 7.13. The highest BCUT2D eigenvalue weighted by Crippen LogP contribution is 2.30. The summed E-state index contributed by atoms with van der Waals surface area (Å²) in [5, 5.41) is 9.27. The molecule has 0 atom stereocenters. The minimum absolute atomic E-state index is 0.381. The van der Waals surface area contributed by atoms with Gasteiger partial charge in [0.25, 0.3) is 0 Å². The maximum atomic E-state index is 9.27. The molecule has 0 amide bonds. The van der Waals surface area contributed by atoms with Crippen molar-refractivity contribution >= 4 is 0 Å². The van der Waals surface area contributed by atoms with Gasteiger partial charge in [-0.25, -0.2) is 4.98 Å². The third kappa shape index (κ3) is 2.82. The number of pyridine rings is 1. The lowest BCUT2D eigenvalue weighted by Crippen LogP contribution is -1.98. The van der Waals surface area contributed by atoms with Crippen molar-refractivity contribution in [3.05, 3.63) is 47.2 Å². The van der Waals surface area contributed by atoms with Crippen LogP contribution in [0.5, 0.6) is 17.4 Å². The van der Waals surface area contributed by atoms with Crippen molar-refractivity contribution in [2.75, 3.05) is 6.61 Å². The summed E-state index contributed by atoms with van der Waals surface area (Å²) in [5.41, 5.74) is 2.70. The van der Waals surface area contributed by atoms with Gasteiger partial charge in [-0.2, -0.15) is 5.26 Å². The fourth-order valence-corrected chi connectivity index (χ4v) is 2.52. The maximum absolute atomic E-state index is 9.27. The van der Waals surface area contributed by atoms with E-state index < -0.39 is 0 Å². The number of benzene rings is 1. The molecule has 0 N–H and O–H groups in total. The monoisotopic (exact) mass is 280 g/mol. The minimum Gasteiger partial charge on any atom is -0.494 e. The third-order valence-electron chi connectivity index (χ3n) is 3.47. The largest absolute Gasteiger partial charge is 0.494 e. The summed E-state index contributed by atoms with van der Waals surface area (Å²) in [6, 6.07) is 11.4. The van der Waals surface area contributed by atoms with E-state index in [1.54, 1.807) is 6.07 Å². The van der Waals surface area contributed by atoms with Gasteiger partial charge in [-0.3, -0.25) is 0 Å². The Hall–Kier alpha value is -2.54. The van der Waals surface area contributed by atoms with Crippen LogP contribution in [0.4, 0.5) is 0 Å². The zero-order chi connectivity index (χ0) is 14.7. The van der Waals surface area contributed by atoms with Crippen LogP contribution in [0, 0.1) is 11.3 Å². The number of aromatic nitrogens is 1. The van der Waals surface area contributed by atoms with Crippen molar-refractivity contribution in [1.29, 1.82) is 5.26 Å². The van der Waals surface area contributed by atoms with E-state index in [2.05, 4.69) is 11.1 Å². The van der Waals surface area contributed by atoms with Crippen molar-refractivity contribution in [3.63, 3.8) is 0 Å². The second kappa shape index (κ2) is 5.84. The quantitative estimate of drug-likeness (QED) is 0.858. The molecule has 4 nitrogen and oxygen atoms in total. The first kappa shape index (κ1) is 13.4. The van der Waals surface area contributed by atoms with Gasteiger partial charge >= 0.3 is 0 Å². The van der Waals surface area contributed by atoms with Crippen molar-refractivity contribution in [1.82, 2.24) is 4.98 Å². The van der Waals surface area contributed by atoms with Gasteiger partial charge in [0.15, 0.2) is 0 Å². The molecule has 0 saturated heterocycles. The minimum atomic E-state index is 0.381. The van der Waals surface area contributed by atoms with Gasteiger partial charge in [0, 0.05) is 11.8 Å². The van der Waals surface area contributed by atoms with Crippen molar-refractivity contribution < 1.29 is 9.47 Å². The number of nitriles is 1. The van der Waals surface area contributed by atoms with Crippen LogP contribution >= 0.6 is 0 Å². The number of nitrogens with zero attached hydrogens (tertiary/aromatic N) is 2. The zero-order valence-corrected chi connectivity index (χ0v) is 11.9. The lowest BCUT2D eigenvalue weighted by molar-refractivity contribution is 0.338. The lowest BCUT2D eigenvalue weighted by Gasteiger charge is -2.10. The van der Waals surface area contributed by atoms with E-state index in [1.807, 2.05) is 31.2 Å². The van der Waals surface area contributed by atoms with Crippen molar-refractivity contribution in [2.24, 2.45) is 0 Å². The van der Waals surface area contributed by atoms with Gasteiger partial charge < -0.3 is 9.47 Å². The fourth-order valence-electron chi connectivity index (χ4n) is 2.52. The molecular weight excluding hydrogens is 264 g/mol. The first-order valence-electron chi connectivity index (χ1n) is 7.13. The predicted molar refractivity (Wildman–Crippen MR) is 78.7 cm³/mol. The predicted octanol–water partition coefficient (Wildman–Crippen LogP) is 3.63. The summed E-state index contributed by atoms with van der Waals surface area (Å²) in [5.74, 6) is 1.75. The Bertz CT molecular complexity index is 704. The molecule has 0 unspecified atom stereocenters. The number of rotatable bonds is 4. The van der Waals surface area contributed by atoms with Crippen LogP contribution in [-0.2, 0) is 12.8 Å². The van der Waals surface area contributed by atoms with Gasteiger partial charge in [0.05, 0.1) is 6.61 Å². The van der Waals surface area contributed by atoms with Crippen LogP contribution < -0.4 is 9.47 Å². The average molecular weight is 280 g/mol. The Morgan fingerprint density at radius 1 is 1.24 bits per heavy atom. The third-order valence-corrected chi connectivity index (χ3v) is 3.47. The number of hydrogen-bond donors (Lipinski definition) is 0. The maximum Gasteiger partial charge on any atom is 0.237 e. The molecule has 0 spiro atoms. The molecule has 3 rings (SSSR count). The van der Waals surface area contributed by atoms with Gasteiger partial charge in [0.2, 0.25) is 5.88 Å². The Balaban J connectivity index is 1.91. The van der Waals surface area contributed by atoms with E-state index in [0.29, 0.717) is 23.8 Å². The number of hydrogen-bond acceptors (Lipinski definition) is 4. The summed E-state index contributed by atoms with van der Waals surface area (Å²) >= 11 is 0. The molecule has 0 saturated carbocycles. The van der Waals surface area contributed by atoms with E-state index in [-0.39, 0.29) is 0 Å². The Morgan fingerprint density at radius 2 is 2.10 bits per heavy atom. The van der Waals surface area contributed by atoms with E-state index >= 15 is 0 Å². The second-order valence-electron chi connectivity index (χ2n) is 4.92. The van der Waals surface area contributed by atoms with E-state index in [1.165, 1.54) is 5.56 Å². The smallest absolute Gasteiger partial charge is 0.237 e. The van der Waals surface area contributed by atoms with Gasteiger partial charge in [-0.15, -0.1) is 0 Å². The highest BCUT2D eigenvalue weighted by molar-refractivity contribution is 5.46. The van der Waals surface area contributed by atoms with E-state index in [0.717, 1.165) is 30.7 Å². The Kier molecular flexibility index (Phi) is 3.74. The molecule has 4 heteroatoms. The molecule has 1 heterocycles. The van der Waals surface area contributed by atoms with Gasteiger partial charge in [-0.05, 0) is 49.9 Å². The standard InChI is InChI=1S/C17H16N2O2/c1-2-20-14-6-4-7-15(10-14)21-17-13(11-18)9-12-5-3-8-16(12)19-17/h4,6-7,9-10H,2-3,5,8H2,1H3. The van der Waals surface area contributed by atoms with Gasteiger partial charge in [0.1, 0.15) is 23.1 Å². The van der Waals surface area contributed by atoms with Crippen LogP contribution in [0.2, 0.25) is 0 Å². The van der Waals surface area contributed by atoms with Crippen LogP contribution in [0.3, 0.4) is 0 Å². The molecule has 0 fully saturated rings. The van der Waals surface area contributed by atoms with Crippen LogP contribution in [-0.4, -0.2) is 11.6 Å². The molecule has 2 aromatic rings. The highest BCUT2D eigenvalue weighted by atomic mass is 16.5. The lowest BCUT2D eigenvalue weighted by atomic mass is 10.1. The summed E-state index contributed by atoms with van der Waals surface area (Å²) in [6.07, 6.45) is 3.05. The fraction of sp³-hybridized carbons (Fsp3) is 0.294. The van der Waals surface area contributed by atoms with Crippen LogP contribution in [0.25, 0.3) is 0 Å². The molecule has 106 valence electrons. The summed E-state index contributed by atoms with van der Waals surface area (Å²) in [6.45, 7) is 2.54. The van der Waals surface area contributed by atoms with E-state index in [4.69, 9.17) is 9.47 Å². The summed E-state index contributed by atoms with van der Waals surface area (Å²) in [7, 11) is 0.